The molecule has 0 aliphatic carbocycles. The third-order valence-electron chi connectivity index (χ3n) is 5.50. The number of hydrogen-bond acceptors (Lipinski definition) is 13. The van der Waals surface area contributed by atoms with Crippen LogP contribution in [0.3, 0.4) is 0 Å². The summed E-state index contributed by atoms with van der Waals surface area (Å²) in [6, 6.07) is -2.62. The van der Waals surface area contributed by atoms with Gasteiger partial charge in [-0.2, -0.15) is 0 Å². The zero-order valence-electron chi connectivity index (χ0n) is 22.4. The van der Waals surface area contributed by atoms with Crippen LogP contribution < -0.4 is 32.5 Å². The van der Waals surface area contributed by atoms with Crippen LogP contribution in [0.25, 0.3) is 0 Å². The minimum atomic E-state index is -1.52. The van der Waals surface area contributed by atoms with Gasteiger partial charge in [-0.3, -0.25) is 44.3 Å². The smallest absolute Gasteiger partial charge is 0.333 e. The molecule has 0 spiro atoms. The Labute approximate surface area is 235 Å². The Bertz CT molecular complexity index is 960. The molecule has 41 heavy (non-hydrogen) atoms. The first kappa shape index (κ1) is 35.0. The van der Waals surface area contributed by atoms with Crippen molar-refractivity contribution in [3.63, 3.8) is 0 Å². The monoisotopic (exact) mass is 587 g/mol. The van der Waals surface area contributed by atoms with Crippen molar-refractivity contribution in [3.05, 3.63) is 0 Å². The number of carbonyl (C=O) groups excluding carboxylic acids is 8. The Kier molecular flexibility index (Phi) is 16.4. The SMILES string of the molecule is NC(=O)CCCCCNN[C@@H](CO)C(=O)NCC(=O)N[C@@H](CO)C(=O)NC(=O)CCCC(=O)ON1C(=O)CCC1=O. The molecular weight excluding hydrogens is 550 g/mol. The first-order valence-electron chi connectivity index (χ1n) is 12.9. The quantitative estimate of drug-likeness (QED) is 0.0379. The van der Waals surface area contributed by atoms with E-state index in [9.17, 15) is 48.6 Å². The van der Waals surface area contributed by atoms with Gasteiger partial charge in [0.05, 0.1) is 19.8 Å². The summed E-state index contributed by atoms with van der Waals surface area (Å²) in [5.41, 5.74) is 10.4. The standard InChI is InChI=1S/C23H37N7O11/c24-16(33)5-2-1-3-10-26-29-15(13-32)22(39)25-11-18(35)27-14(12-31)23(40)28-17(34)6-4-7-21(38)41-30-19(36)8-9-20(30)37/h14-15,26,29,31-32H,1-13H2,(H2,24,33)(H,25,39)(H,27,35)(H,28,34,40)/t14-,15-/m0/s1. The predicted molar refractivity (Wildman–Crippen MR) is 136 cm³/mol. The highest BCUT2D eigenvalue weighted by atomic mass is 16.7. The number of nitrogens with two attached hydrogens (primary N) is 1. The lowest BCUT2D eigenvalue weighted by Gasteiger charge is -2.18. The number of hydroxylamine groups is 2. The first-order valence-corrected chi connectivity index (χ1v) is 12.9. The summed E-state index contributed by atoms with van der Waals surface area (Å²) in [7, 11) is 0. The van der Waals surface area contributed by atoms with Crippen LogP contribution in [-0.2, 0) is 43.2 Å². The van der Waals surface area contributed by atoms with Gasteiger partial charge in [-0.25, -0.2) is 10.2 Å². The Balaban J connectivity index is 2.30. The zero-order chi connectivity index (χ0) is 30.8. The lowest BCUT2D eigenvalue weighted by Crippen LogP contribution is -2.55. The van der Waals surface area contributed by atoms with E-state index in [2.05, 4.69) is 26.3 Å². The summed E-state index contributed by atoms with van der Waals surface area (Å²) >= 11 is 0. The molecule has 1 heterocycles. The normalized spacial score (nSPS) is 14.2. The van der Waals surface area contributed by atoms with Crippen LogP contribution in [0.1, 0.15) is 57.8 Å². The number of unbranched alkanes of at least 4 members (excludes halogenated alkanes) is 2. The summed E-state index contributed by atoms with van der Waals surface area (Å²) in [6.45, 7) is -1.64. The minimum absolute atomic E-state index is 0.0634. The summed E-state index contributed by atoms with van der Waals surface area (Å²) in [5.74, 6) is -6.06. The summed E-state index contributed by atoms with van der Waals surface area (Å²) in [6.07, 6.45) is 1.44. The zero-order valence-corrected chi connectivity index (χ0v) is 22.4. The van der Waals surface area contributed by atoms with Crippen LogP contribution in [-0.4, -0.2) is 101 Å². The van der Waals surface area contributed by atoms with Gasteiger partial charge in [0.15, 0.2) is 0 Å². The molecule has 1 saturated heterocycles. The number of amides is 7. The van der Waals surface area contributed by atoms with Crippen molar-refractivity contribution in [2.45, 2.75) is 69.9 Å². The molecule has 230 valence electrons. The van der Waals surface area contributed by atoms with Gasteiger partial charge in [-0.05, 0) is 19.3 Å². The Hall–Kier alpha value is -4.00. The van der Waals surface area contributed by atoms with E-state index in [1.165, 1.54) is 0 Å². The number of aliphatic hydroxyl groups excluding tert-OH is 2. The fourth-order valence-corrected chi connectivity index (χ4v) is 3.29. The molecule has 1 aliphatic rings. The molecule has 2 atom stereocenters. The highest BCUT2D eigenvalue weighted by Crippen LogP contribution is 2.13. The molecule has 0 bridgehead atoms. The highest BCUT2D eigenvalue weighted by Gasteiger charge is 2.32. The van der Waals surface area contributed by atoms with E-state index >= 15 is 0 Å². The van der Waals surface area contributed by atoms with Gasteiger partial charge in [-0.15, -0.1) is 5.06 Å². The van der Waals surface area contributed by atoms with Gasteiger partial charge < -0.3 is 31.4 Å². The molecule has 18 heteroatoms. The van der Waals surface area contributed by atoms with Crippen molar-refractivity contribution in [3.8, 4) is 0 Å². The van der Waals surface area contributed by atoms with Crippen molar-refractivity contribution in [1.82, 2.24) is 31.9 Å². The molecule has 18 nitrogen and oxygen atoms in total. The first-order chi connectivity index (χ1) is 19.5. The number of hydrazine groups is 1. The van der Waals surface area contributed by atoms with Crippen molar-refractivity contribution < 1.29 is 53.4 Å². The second kappa shape index (κ2) is 19.1. The molecule has 1 fully saturated rings. The van der Waals surface area contributed by atoms with E-state index in [0.29, 0.717) is 24.4 Å². The number of primary amides is 1. The average molecular weight is 588 g/mol. The van der Waals surface area contributed by atoms with Gasteiger partial charge in [0, 0.05) is 38.6 Å². The number of nitrogens with one attached hydrogen (secondary N) is 5. The second-order valence-corrected chi connectivity index (χ2v) is 8.91. The van der Waals surface area contributed by atoms with E-state index in [1.807, 2.05) is 5.32 Å². The number of aliphatic hydroxyl groups is 2. The Morgan fingerprint density at radius 3 is 2.10 bits per heavy atom. The van der Waals surface area contributed by atoms with Crippen LogP contribution in [0.5, 0.6) is 0 Å². The third kappa shape index (κ3) is 14.3. The molecule has 1 aliphatic heterocycles. The van der Waals surface area contributed by atoms with Crippen LogP contribution in [0.2, 0.25) is 0 Å². The molecule has 1 rings (SSSR count). The summed E-state index contributed by atoms with van der Waals surface area (Å²) in [5, 5.41) is 25.5. The fourth-order valence-electron chi connectivity index (χ4n) is 3.29. The van der Waals surface area contributed by atoms with Crippen LogP contribution in [0.4, 0.5) is 0 Å². The van der Waals surface area contributed by atoms with Crippen LogP contribution >= 0.6 is 0 Å². The number of nitrogens with zero attached hydrogens (tertiary/aromatic N) is 1. The molecule has 0 radical (unpaired) electrons. The molecular formula is C23H37N7O11. The van der Waals surface area contributed by atoms with E-state index in [4.69, 9.17) is 5.73 Å². The summed E-state index contributed by atoms with van der Waals surface area (Å²) in [4.78, 5) is 98.5. The molecule has 9 N–H and O–H groups in total. The third-order valence-corrected chi connectivity index (χ3v) is 5.50. The van der Waals surface area contributed by atoms with Crippen molar-refractivity contribution in [1.29, 1.82) is 0 Å². The average Bonchev–Trinajstić information content (AvgIpc) is 3.23. The molecule has 0 aromatic heterocycles. The van der Waals surface area contributed by atoms with E-state index < -0.39 is 73.3 Å². The summed E-state index contributed by atoms with van der Waals surface area (Å²) < 4.78 is 0. The van der Waals surface area contributed by atoms with Gasteiger partial charge >= 0.3 is 5.97 Å². The van der Waals surface area contributed by atoms with E-state index in [-0.39, 0.29) is 44.4 Å². The number of carbonyl (C=O) groups is 8. The topological polar surface area (TPSA) is 276 Å². The second-order valence-electron chi connectivity index (χ2n) is 8.91. The van der Waals surface area contributed by atoms with E-state index in [0.717, 1.165) is 6.42 Å². The Morgan fingerprint density at radius 2 is 1.49 bits per heavy atom. The Morgan fingerprint density at radius 1 is 0.829 bits per heavy atom. The highest BCUT2D eigenvalue weighted by molar-refractivity contribution is 6.02. The number of imide groups is 2. The van der Waals surface area contributed by atoms with Crippen LogP contribution in [0.15, 0.2) is 0 Å². The molecule has 0 saturated carbocycles. The largest absolute Gasteiger partial charge is 0.394 e. The molecule has 7 amide bonds. The van der Waals surface area contributed by atoms with Gasteiger partial charge in [0.2, 0.25) is 23.6 Å². The molecule has 0 aromatic rings. The van der Waals surface area contributed by atoms with Gasteiger partial charge in [0.1, 0.15) is 12.1 Å². The van der Waals surface area contributed by atoms with Crippen molar-refractivity contribution in [2.75, 3.05) is 26.3 Å². The van der Waals surface area contributed by atoms with Crippen molar-refractivity contribution >= 4 is 47.3 Å². The maximum absolute atomic E-state index is 12.2. The maximum atomic E-state index is 12.2. The fraction of sp³-hybridized carbons (Fsp3) is 0.652. The lowest BCUT2D eigenvalue weighted by atomic mass is 10.2. The molecule has 0 unspecified atom stereocenters. The maximum Gasteiger partial charge on any atom is 0.333 e. The number of hydrogen-bond donors (Lipinski definition) is 8. The van der Waals surface area contributed by atoms with Gasteiger partial charge in [0.25, 0.3) is 17.7 Å². The predicted octanol–water partition coefficient (Wildman–Crippen LogP) is -4.50. The minimum Gasteiger partial charge on any atom is -0.394 e. The van der Waals surface area contributed by atoms with Crippen LogP contribution in [0, 0.1) is 0 Å². The van der Waals surface area contributed by atoms with Crippen molar-refractivity contribution in [2.24, 2.45) is 5.73 Å². The lowest BCUT2D eigenvalue weighted by molar-refractivity contribution is -0.197. The molecule has 0 aromatic carbocycles. The van der Waals surface area contributed by atoms with Gasteiger partial charge in [-0.1, -0.05) is 6.42 Å². The number of rotatable bonds is 20. The van der Waals surface area contributed by atoms with E-state index in [1.54, 1.807) is 0 Å².